The Morgan fingerprint density at radius 2 is 1.80 bits per heavy atom. The number of nitrogens with two attached hydrogens (primary N) is 2. The fraction of sp³-hybridized carbons (Fsp3) is 0. The summed E-state index contributed by atoms with van der Waals surface area (Å²) in [5.41, 5.74) is 13.3. The summed E-state index contributed by atoms with van der Waals surface area (Å²) in [5, 5.41) is 11.7. The first-order valence-electron chi connectivity index (χ1n) is 5.66. The van der Waals surface area contributed by atoms with Gasteiger partial charge in [0, 0.05) is 22.6 Å². The molecule has 0 aliphatic rings. The Balaban J connectivity index is 2.23. The second-order valence-electron chi connectivity index (χ2n) is 4.15. The van der Waals surface area contributed by atoms with Crippen LogP contribution in [0.4, 0.5) is 17.1 Å². The van der Waals surface area contributed by atoms with Gasteiger partial charge in [-0.2, -0.15) is 5.26 Å². The quantitative estimate of drug-likeness (QED) is 0.738. The molecule has 0 fully saturated rings. The third kappa shape index (κ3) is 2.99. The van der Waals surface area contributed by atoms with Crippen molar-refractivity contribution in [3.8, 4) is 6.07 Å². The minimum absolute atomic E-state index is 0.275. The van der Waals surface area contributed by atoms with Crippen LogP contribution < -0.4 is 16.8 Å². The smallest absolute Gasteiger partial charge is 0.255 e. The van der Waals surface area contributed by atoms with Crippen LogP contribution in [-0.2, 0) is 0 Å². The Bertz CT molecular complexity index is 701. The number of hydrogen-bond donors (Lipinski definition) is 3. The van der Waals surface area contributed by atoms with Crippen LogP contribution in [0, 0.1) is 11.3 Å². The number of nitrogens with one attached hydrogen (secondary N) is 1. The molecule has 0 spiro atoms. The molecule has 2 aromatic rings. The minimum atomic E-state index is -0.357. The lowest BCUT2D eigenvalue weighted by Crippen LogP contribution is -2.12. The van der Waals surface area contributed by atoms with Crippen LogP contribution in [0.25, 0.3) is 0 Å². The fourth-order valence-corrected chi connectivity index (χ4v) is 1.92. The SMILES string of the molecule is N#Cc1ccc(NC(=O)c2cc(N)cc(N)c2)cc1Cl. The second kappa shape index (κ2) is 5.51. The second-order valence-corrected chi connectivity index (χ2v) is 4.56. The van der Waals surface area contributed by atoms with Crippen molar-refractivity contribution in [1.82, 2.24) is 0 Å². The number of benzene rings is 2. The first kappa shape index (κ1) is 13.7. The van der Waals surface area contributed by atoms with E-state index in [0.29, 0.717) is 28.2 Å². The van der Waals surface area contributed by atoms with Gasteiger partial charge in [0.05, 0.1) is 10.6 Å². The van der Waals surface area contributed by atoms with E-state index >= 15 is 0 Å². The third-order valence-electron chi connectivity index (χ3n) is 2.59. The predicted octanol–water partition coefficient (Wildman–Crippen LogP) is 2.63. The van der Waals surface area contributed by atoms with Gasteiger partial charge in [-0.05, 0) is 36.4 Å². The molecule has 6 heteroatoms. The molecule has 0 bridgehead atoms. The number of anilines is 3. The molecule has 2 rings (SSSR count). The number of nitriles is 1. The summed E-state index contributed by atoms with van der Waals surface area (Å²) in [6.45, 7) is 0. The molecule has 5 N–H and O–H groups in total. The number of carbonyl (C=O) groups excluding carboxylic acids is 1. The van der Waals surface area contributed by atoms with Gasteiger partial charge in [0.2, 0.25) is 0 Å². The van der Waals surface area contributed by atoms with Crippen molar-refractivity contribution in [2.75, 3.05) is 16.8 Å². The summed E-state index contributed by atoms with van der Waals surface area (Å²) >= 11 is 5.90. The van der Waals surface area contributed by atoms with E-state index in [9.17, 15) is 4.79 Å². The number of nitrogen functional groups attached to an aromatic ring is 2. The molecule has 0 saturated carbocycles. The third-order valence-corrected chi connectivity index (χ3v) is 2.90. The summed E-state index contributed by atoms with van der Waals surface area (Å²) in [6, 6.07) is 11.2. The highest BCUT2D eigenvalue weighted by atomic mass is 35.5. The maximum atomic E-state index is 12.1. The van der Waals surface area contributed by atoms with E-state index in [0.717, 1.165) is 0 Å². The molecule has 100 valence electrons. The van der Waals surface area contributed by atoms with Gasteiger partial charge < -0.3 is 16.8 Å². The van der Waals surface area contributed by atoms with Gasteiger partial charge in [-0.15, -0.1) is 0 Å². The zero-order chi connectivity index (χ0) is 14.7. The van der Waals surface area contributed by atoms with Crippen molar-refractivity contribution in [3.05, 3.63) is 52.5 Å². The molecular weight excluding hydrogens is 276 g/mol. The number of nitrogens with zero attached hydrogens (tertiary/aromatic N) is 1. The van der Waals surface area contributed by atoms with E-state index in [-0.39, 0.29) is 10.9 Å². The maximum Gasteiger partial charge on any atom is 0.255 e. The first-order valence-corrected chi connectivity index (χ1v) is 6.04. The van der Waals surface area contributed by atoms with Gasteiger partial charge in [0.1, 0.15) is 6.07 Å². The Labute approximate surface area is 120 Å². The van der Waals surface area contributed by atoms with E-state index in [1.165, 1.54) is 24.3 Å². The lowest BCUT2D eigenvalue weighted by Gasteiger charge is -2.07. The molecule has 0 aliphatic heterocycles. The highest BCUT2D eigenvalue weighted by Gasteiger charge is 2.09. The topological polar surface area (TPSA) is 105 Å². The number of rotatable bonds is 2. The summed E-state index contributed by atoms with van der Waals surface area (Å²) in [6.07, 6.45) is 0. The molecule has 20 heavy (non-hydrogen) atoms. The van der Waals surface area contributed by atoms with E-state index < -0.39 is 0 Å². The Hall–Kier alpha value is -2.71. The van der Waals surface area contributed by atoms with Gasteiger partial charge in [0.25, 0.3) is 5.91 Å². The molecule has 0 unspecified atom stereocenters. The van der Waals surface area contributed by atoms with Gasteiger partial charge in [-0.3, -0.25) is 4.79 Å². The summed E-state index contributed by atoms with van der Waals surface area (Å²) < 4.78 is 0. The molecule has 5 nitrogen and oxygen atoms in total. The van der Waals surface area contributed by atoms with Crippen molar-refractivity contribution in [1.29, 1.82) is 5.26 Å². The van der Waals surface area contributed by atoms with Crippen LogP contribution in [0.15, 0.2) is 36.4 Å². The maximum absolute atomic E-state index is 12.1. The first-order chi connectivity index (χ1) is 9.49. The normalized spacial score (nSPS) is 9.80. The number of halogens is 1. The fourth-order valence-electron chi connectivity index (χ4n) is 1.69. The Morgan fingerprint density at radius 3 is 2.35 bits per heavy atom. The lowest BCUT2D eigenvalue weighted by molar-refractivity contribution is 0.102. The Morgan fingerprint density at radius 1 is 1.15 bits per heavy atom. The zero-order valence-corrected chi connectivity index (χ0v) is 11.1. The average Bonchev–Trinajstić information content (AvgIpc) is 2.37. The van der Waals surface area contributed by atoms with E-state index in [1.54, 1.807) is 12.1 Å². The molecule has 0 aromatic heterocycles. The molecule has 0 saturated heterocycles. The summed E-state index contributed by atoms with van der Waals surface area (Å²) in [5.74, 6) is -0.357. The summed E-state index contributed by atoms with van der Waals surface area (Å²) in [7, 11) is 0. The van der Waals surface area contributed by atoms with Crippen LogP contribution in [0.3, 0.4) is 0 Å². The van der Waals surface area contributed by atoms with Gasteiger partial charge >= 0.3 is 0 Å². The van der Waals surface area contributed by atoms with Gasteiger partial charge in [-0.25, -0.2) is 0 Å². The number of hydrogen-bond acceptors (Lipinski definition) is 4. The summed E-state index contributed by atoms with van der Waals surface area (Å²) in [4.78, 5) is 12.1. The molecule has 1 amide bonds. The molecule has 2 aromatic carbocycles. The predicted molar refractivity (Wildman–Crippen MR) is 79.4 cm³/mol. The standard InChI is InChI=1S/C14H11ClN4O/c15-13-6-12(2-1-8(13)7-16)19-14(20)9-3-10(17)5-11(18)4-9/h1-6H,17-18H2,(H,19,20). The van der Waals surface area contributed by atoms with E-state index in [2.05, 4.69) is 5.32 Å². The molecule has 0 atom stereocenters. The van der Waals surface area contributed by atoms with Gasteiger partial charge in [0.15, 0.2) is 0 Å². The van der Waals surface area contributed by atoms with Crippen LogP contribution in [0.2, 0.25) is 5.02 Å². The van der Waals surface area contributed by atoms with Crippen molar-refractivity contribution >= 4 is 34.6 Å². The average molecular weight is 287 g/mol. The molecule has 0 aliphatic carbocycles. The van der Waals surface area contributed by atoms with E-state index in [1.807, 2.05) is 6.07 Å². The minimum Gasteiger partial charge on any atom is -0.399 e. The van der Waals surface area contributed by atoms with Crippen LogP contribution in [0.5, 0.6) is 0 Å². The monoisotopic (exact) mass is 286 g/mol. The molecular formula is C14H11ClN4O. The van der Waals surface area contributed by atoms with Crippen LogP contribution in [0.1, 0.15) is 15.9 Å². The van der Waals surface area contributed by atoms with E-state index in [4.69, 9.17) is 28.3 Å². The van der Waals surface area contributed by atoms with Crippen LogP contribution >= 0.6 is 11.6 Å². The Kier molecular flexibility index (Phi) is 3.78. The molecule has 0 radical (unpaired) electrons. The van der Waals surface area contributed by atoms with Crippen molar-refractivity contribution < 1.29 is 4.79 Å². The highest BCUT2D eigenvalue weighted by Crippen LogP contribution is 2.21. The van der Waals surface area contributed by atoms with Crippen molar-refractivity contribution in [2.45, 2.75) is 0 Å². The van der Waals surface area contributed by atoms with Crippen molar-refractivity contribution in [2.24, 2.45) is 0 Å². The largest absolute Gasteiger partial charge is 0.399 e. The number of amides is 1. The highest BCUT2D eigenvalue weighted by molar-refractivity contribution is 6.32. The van der Waals surface area contributed by atoms with Crippen LogP contribution in [-0.4, -0.2) is 5.91 Å². The zero-order valence-electron chi connectivity index (χ0n) is 10.4. The van der Waals surface area contributed by atoms with Gasteiger partial charge in [-0.1, -0.05) is 11.6 Å². The lowest BCUT2D eigenvalue weighted by atomic mass is 10.1. The number of carbonyl (C=O) groups is 1. The van der Waals surface area contributed by atoms with Crippen molar-refractivity contribution in [3.63, 3.8) is 0 Å². The molecule has 0 heterocycles.